The second kappa shape index (κ2) is 11.9. The summed E-state index contributed by atoms with van der Waals surface area (Å²) in [7, 11) is 1.11. The maximum absolute atomic E-state index is 5.71. The Balaban J connectivity index is 1.36. The van der Waals surface area contributed by atoms with Gasteiger partial charge >= 0.3 is 0 Å². The highest BCUT2D eigenvalue weighted by Crippen LogP contribution is 2.38. The third kappa shape index (κ3) is 5.65. The SMILES string of the molecule is COc1nc(N2CCOCC2)c(-c2cn[nH]c2)cc1Nc1ncc(Br)c(Nc2ccc3nccnc3c2P(C)C)n1. The lowest BCUT2D eigenvalue weighted by molar-refractivity contribution is 0.122. The van der Waals surface area contributed by atoms with Gasteiger partial charge in [-0.2, -0.15) is 15.1 Å². The number of pyridine rings is 1. The number of anilines is 5. The van der Waals surface area contributed by atoms with Gasteiger partial charge in [0.05, 0.1) is 42.0 Å². The molecule has 41 heavy (non-hydrogen) atoms. The molecule has 14 heteroatoms. The van der Waals surface area contributed by atoms with Crippen LogP contribution in [0.3, 0.4) is 0 Å². The van der Waals surface area contributed by atoms with Crippen LogP contribution in [0, 0.1) is 0 Å². The second-order valence-corrected chi connectivity index (χ2v) is 12.5. The molecule has 0 saturated carbocycles. The van der Waals surface area contributed by atoms with Crippen molar-refractivity contribution in [3.8, 4) is 17.0 Å². The van der Waals surface area contributed by atoms with Crippen LogP contribution in [0.4, 0.5) is 29.0 Å². The van der Waals surface area contributed by atoms with Crippen molar-refractivity contribution in [1.29, 1.82) is 0 Å². The van der Waals surface area contributed by atoms with Crippen molar-refractivity contribution >= 4 is 69.1 Å². The number of nitrogens with one attached hydrogen (secondary N) is 3. The molecule has 1 fully saturated rings. The van der Waals surface area contributed by atoms with Crippen molar-refractivity contribution in [2.75, 3.05) is 62.3 Å². The van der Waals surface area contributed by atoms with Gasteiger partial charge in [0.15, 0.2) is 0 Å². The largest absolute Gasteiger partial charge is 0.479 e. The fourth-order valence-electron chi connectivity index (χ4n) is 4.70. The molecule has 5 heterocycles. The van der Waals surface area contributed by atoms with E-state index in [2.05, 4.69) is 69.9 Å². The standard InChI is InChI=1S/C27H28BrN10O2P/c1-39-26-21(12-17(16-13-32-33-14-16)25(37-26)38-8-10-40-11-9-38)35-27-31-15-18(28)24(36-27)34-20-5-4-19-22(23(20)41(2)3)30-7-6-29-19/h4-7,12-15H,8-11H2,1-3H3,(H,32,33)(H2,31,34,35,36). The van der Waals surface area contributed by atoms with Crippen LogP contribution in [0.5, 0.6) is 5.88 Å². The van der Waals surface area contributed by atoms with Crippen LogP contribution in [-0.4, -0.2) is 81.9 Å². The van der Waals surface area contributed by atoms with Crippen LogP contribution in [-0.2, 0) is 4.74 Å². The van der Waals surface area contributed by atoms with Crippen LogP contribution in [0.2, 0.25) is 0 Å². The fourth-order valence-corrected chi connectivity index (χ4v) is 6.20. The highest BCUT2D eigenvalue weighted by Gasteiger charge is 2.22. The number of hydrogen-bond acceptors (Lipinski definition) is 11. The lowest BCUT2D eigenvalue weighted by Gasteiger charge is -2.30. The third-order valence-corrected chi connectivity index (χ3v) is 8.51. The number of ether oxygens (including phenoxy) is 2. The molecule has 5 aromatic rings. The molecule has 12 nitrogen and oxygen atoms in total. The van der Waals surface area contributed by atoms with Gasteiger partial charge in [0.25, 0.3) is 0 Å². The van der Waals surface area contributed by atoms with E-state index in [4.69, 9.17) is 19.4 Å². The van der Waals surface area contributed by atoms with Crippen molar-refractivity contribution in [2.24, 2.45) is 0 Å². The van der Waals surface area contributed by atoms with Gasteiger partial charge in [0.2, 0.25) is 11.8 Å². The number of methoxy groups -OCH3 is 1. The quantitative estimate of drug-likeness (QED) is 0.205. The number of H-pyrrole nitrogens is 1. The summed E-state index contributed by atoms with van der Waals surface area (Å²) < 4.78 is 12.0. The minimum Gasteiger partial charge on any atom is -0.479 e. The number of morpholine rings is 1. The maximum Gasteiger partial charge on any atom is 0.239 e. The Morgan fingerprint density at radius 1 is 1.02 bits per heavy atom. The minimum absolute atomic E-state index is 0.380. The summed E-state index contributed by atoms with van der Waals surface area (Å²) in [6.45, 7) is 7.14. The number of fused-ring (bicyclic) bond motifs is 1. The van der Waals surface area contributed by atoms with Crippen LogP contribution in [0.1, 0.15) is 0 Å². The maximum atomic E-state index is 5.71. The summed E-state index contributed by atoms with van der Waals surface area (Å²) in [6.07, 6.45) is 8.76. The van der Waals surface area contributed by atoms with Crippen molar-refractivity contribution < 1.29 is 9.47 Å². The number of nitrogens with zero attached hydrogens (tertiary/aromatic N) is 7. The highest BCUT2D eigenvalue weighted by molar-refractivity contribution is 9.10. The molecular formula is C27H28BrN10O2P. The van der Waals surface area contributed by atoms with Gasteiger partial charge < -0.3 is 25.0 Å². The molecule has 1 aromatic carbocycles. The number of rotatable bonds is 8. The van der Waals surface area contributed by atoms with Crippen LogP contribution < -0.4 is 25.6 Å². The van der Waals surface area contributed by atoms with E-state index in [0.717, 1.165) is 56.5 Å². The molecule has 1 aliphatic rings. The molecule has 0 spiro atoms. The zero-order valence-electron chi connectivity index (χ0n) is 22.7. The van der Waals surface area contributed by atoms with E-state index in [9.17, 15) is 0 Å². The number of halogens is 1. The monoisotopic (exact) mass is 634 g/mol. The molecule has 6 rings (SSSR count). The van der Waals surface area contributed by atoms with Crippen molar-refractivity contribution in [3.63, 3.8) is 0 Å². The molecule has 210 valence electrons. The van der Waals surface area contributed by atoms with Crippen molar-refractivity contribution in [1.82, 2.24) is 35.1 Å². The van der Waals surface area contributed by atoms with Gasteiger partial charge in [-0.3, -0.25) is 15.1 Å². The van der Waals surface area contributed by atoms with E-state index in [0.29, 0.717) is 36.5 Å². The first-order valence-corrected chi connectivity index (χ1v) is 15.9. The average molecular weight is 635 g/mol. The molecule has 1 saturated heterocycles. The van der Waals surface area contributed by atoms with Gasteiger partial charge in [-0.25, -0.2) is 4.98 Å². The Hall–Kier alpha value is -3.93. The molecule has 0 bridgehead atoms. The summed E-state index contributed by atoms with van der Waals surface area (Å²) in [5.41, 5.74) is 5.12. The first kappa shape index (κ1) is 27.3. The Labute approximate surface area is 246 Å². The van der Waals surface area contributed by atoms with E-state index in [1.54, 1.807) is 31.9 Å². The lowest BCUT2D eigenvalue weighted by Crippen LogP contribution is -2.37. The highest BCUT2D eigenvalue weighted by atomic mass is 79.9. The molecule has 0 atom stereocenters. The van der Waals surface area contributed by atoms with Gasteiger partial charge in [-0.15, -0.1) is 0 Å². The van der Waals surface area contributed by atoms with E-state index < -0.39 is 7.92 Å². The number of aromatic nitrogens is 7. The van der Waals surface area contributed by atoms with Crippen molar-refractivity contribution in [2.45, 2.75) is 0 Å². The van der Waals surface area contributed by atoms with Gasteiger partial charge in [-0.1, -0.05) is 7.92 Å². The Morgan fingerprint density at radius 3 is 2.61 bits per heavy atom. The zero-order valence-corrected chi connectivity index (χ0v) is 25.2. The number of aromatic amines is 1. The Morgan fingerprint density at radius 2 is 1.85 bits per heavy atom. The summed E-state index contributed by atoms with van der Waals surface area (Å²) in [6, 6.07) is 5.97. The van der Waals surface area contributed by atoms with E-state index in [1.165, 1.54) is 0 Å². The minimum atomic E-state index is -0.490. The number of benzene rings is 1. The molecular weight excluding hydrogens is 607 g/mol. The van der Waals surface area contributed by atoms with Crippen LogP contribution in [0.25, 0.3) is 22.2 Å². The molecule has 4 aromatic heterocycles. The Kier molecular flexibility index (Phi) is 7.91. The summed E-state index contributed by atoms with van der Waals surface area (Å²) in [4.78, 5) is 25.5. The predicted molar refractivity (Wildman–Crippen MR) is 166 cm³/mol. The Bertz CT molecular complexity index is 1680. The molecule has 0 unspecified atom stereocenters. The van der Waals surface area contributed by atoms with Gasteiger partial charge in [-0.05, 0) is 47.5 Å². The summed E-state index contributed by atoms with van der Waals surface area (Å²) in [5.74, 6) is 2.22. The molecule has 0 aliphatic carbocycles. The first-order chi connectivity index (χ1) is 20.0. The fraction of sp³-hybridized carbons (Fsp3) is 0.259. The predicted octanol–water partition coefficient (Wildman–Crippen LogP) is 4.67. The smallest absolute Gasteiger partial charge is 0.239 e. The van der Waals surface area contributed by atoms with E-state index >= 15 is 0 Å². The topological polar surface area (TPSA) is 139 Å². The molecule has 0 radical (unpaired) electrons. The van der Waals surface area contributed by atoms with Crippen LogP contribution >= 0.6 is 23.9 Å². The molecule has 0 amide bonds. The second-order valence-electron chi connectivity index (χ2n) is 9.42. The summed E-state index contributed by atoms with van der Waals surface area (Å²) in [5, 5.41) is 15.0. The van der Waals surface area contributed by atoms with Crippen molar-refractivity contribution in [3.05, 3.63) is 53.7 Å². The molecule has 1 aliphatic heterocycles. The summed E-state index contributed by atoms with van der Waals surface area (Å²) >= 11 is 3.60. The van der Waals surface area contributed by atoms with Gasteiger partial charge in [0, 0.05) is 60.0 Å². The first-order valence-electron chi connectivity index (χ1n) is 12.9. The zero-order chi connectivity index (χ0) is 28.3. The van der Waals surface area contributed by atoms with E-state index in [1.807, 2.05) is 24.4 Å². The average Bonchev–Trinajstić information content (AvgIpc) is 3.54. The third-order valence-electron chi connectivity index (χ3n) is 6.59. The number of hydrogen-bond donors (Lipinski definition) is 3. The normalized spacial score (nSPS) is 13.5. The van der Waals surface area contributed by atoms with Gasteiger partial charge in [0.1, 0.15) is 17.3 Å². The van der Waals surface area contributed by atoms with Crippen LogP contribution in [0.15, 0.2) is 53.7 Å². The lowest BCUT2D eigenvalue weighted by atomic mass is 10.1. The van der Waals surface area contributed by atoms with E-state index in [-0.39, 0.29) is 0 Å². The molecule has 3 N–H and O–H groups in total.